The molecule has 0 aliphatic rings. The number of nitro benzene ring substituents is 1. The van der Waals surface area contributed by atoms with Gasteiger partial charge in [0.1, 0.15) is 4.88 Å². The summed E-state index contributed by atoms with van der Waals surface area (Å²) in [4.78, 5) is 47.7. The highest BCUT2D eigenvalue weighted by molar-refractivity contribution is 7.20. The molecule has 0 fully saturated rings. The quantitative estimate of drug-likeness (QED) is 0.416. The molecule has 2 rings (SSSR count). The maximum Gasteiger partial charge on any atom is 0.348 e. The van der Waals surface area contributed by atoms with Crippen molar-refractivity contribution in [2.75, 3.05) is 26.2 Å². The van der Waals surface area contributed by atoms with Crippen molar-refractivity contribution in [2.45, 2.75) is 13.8 Å². The minimum absolute atomic E-state index is 0.0701. The second-order valence-electron chi connectivity index (χ2n) is 5.53. The van der Waals surface area contributed by atoms with Crippen molar-refractivity contribution in [3.05, 3.63) is 39.3 Å². The van der Waals surface area contributed by atoms with E-state index in [2.05, 4.69) is 5.32 Å². The summed E-state index contributed by atoms with van der Waals surface area (Å²) in [6.07, 6.45) is 0. The third-order valence-corrected chi connectivity index (χ3v) is 4.78. The number of benzene rings is 1. The van der Waals surface area contributed by atoms with Crippen LogP contribution in [0.1, 0.15) is 23.5 Å². The Morgan fingerprint density at radius 2 is 2.00 bits per heavy atom. The molecule has 0 aliphatic heterocycles. The summed E-state index contributed by atoms with van der Waals surface area (Å²) >= 11 is 1.12. The number of ether oxygens (including phenoxy) is 1. The summed E-state index contributed by atoms with van der Waals surface area (Å²) in [7, 11) is 0. The van der Waals surface area contributed by atoms with E-state index in [0.29, 0.717) is 23.2 Å². The number of carbonyl (C=O) groups excluding carboxylic acids is 3. The van der Waals surface area contributed by atoms with Gasteiger partial charge in [0, 0.05) is 35.3 Å². The lowest BCUT2D eigenvalue weighted by molar-refractivity contribution is -0.384. The minimum atomic E-state index is -0.693. The number of fused-ring (bicyclic) bond motifs is 1. The summed E-state index contributed by atoms with van der Waals surface area (Å²) in [5, 5.41) is 14.0. The Kier molecular flexibility index (Phi) is 6.83. The predicted octanol–water partition coefficient (Wildman–Crippen LogP) is 1.95. The Balaban J connectivity index is 2.00. The molecule has 2 amide bonds. The van der Waals surface area contributed by atoms with Crippen molar-refractivity contribution in [3.63, 3.8) is 0 Å². The summed E-state index contributed by atoms with van der Waals surface area (Å²) < 4.78 is 5.74. The molecule has 1 aromatic carbocycles. The van der Waals surface area contributed by atoms with Crippen molar-refractivity contribution in [1.29, 1.82) is 0 Å². The fraction of sp³-hybridized carbons (Fsp3) is 0.353. The first-order chi connectivity index (χ1) is 12.8. The number of amides is 2. The van der Waals surface area contributed by atoms with Crippen LogP contribution in [0, 0.1) is 10.1 Å². The number of non-ortho nitro benzene ring substituents is 1. The van der Waals surface area contributed by atoms with E-state index in [-0.39, 0.29) is 23.0 Å². The van der Waals surface area contributed by atoms with Gasteiger partial charge in [0.25, 0.3) is 11.6 Å². The Morgan fingerprint density at radius 3 is 2.63 bits per heavy atom. The smallest absolute Gasteiger partial charge is 0.348 e. The SMILES string of the molecule is CCNC(=O)CN(CC)C(=O)COC(=O)c1cc2cc([N+](=O)[O-])ccc2s1. The molecule has 0 aliphatic carbocycles. The minimum Gasteiger partial charge on any atom is -0.451 e. The van der Waals surface area contributed by atoms with Crippen LogP contribution in [0.4, 0.5) is 5.69 Å². The first kappa shape index (κ1) is 20.3. The largest absolute Gasteiger partial charge is 0.451 e. The lowest BCUT2D eigenvalue weighted by Crippen LogP contribution is -2.42. The number of likely N-dealkylation sites (N-methyl/N-ethyl adjacent to an activating group) is 2. The zero-order valence-electron chi connectivity index (χ0n) is 14.9. The molecular weight excluding hydrogens is 374 g/mol. The van der Waals surface area contributed by atoms with Gasteiger partial charge in [-0.1, -0.05) is 0 Å². The van der Waals surface area contributed by atoms with Gasteiger partial charge in [-0.25, -0.2) is 4.79 Å². The average molecular weight is 393 g/mol. The van der Waals surface area contributed by atoms with Gasteiger partial charge in [-0.15, -0.1) is 11.3 Å². The van der Waals surface area contributed by atoms with Crippen LogP contribution in [-0.4, -0.2) is 53.8 Å². The Labute approximate surface area is 159 Å². The molecule has 0 bridgehead atoms. The standard InChI is InChI=1S/C17H19N3O6S/c1-3-18-15(21)9-19(4-2)16(22)10-26-17(23)14-8-11-7-12(20(24)25)5-6-13(11)27-14/h5-8H,3-4,9-10H2,1-2H3,(H,18,21). The topological polar surface area (TPSA) is 119 Å². The van der Waals surface area contributed by atoms with Gasteiger partial charge in [0.2, 0.25) is 5.91 Å². The van der Waals surface area contributed by atoms with E-state index < -0.39 is 23.4 Å². The van der Waals surface area contributed by atoms with Crippen molar-refractivity contribution in [1.82, 2.24) is 10.2 Å². The third kappa shape index (κ3) is 5.23. The summed E-state index contributed by atoms with van der Waals surface area (Å²) in [6.45, 7) is 3.67. The molecule has 1 N–H and O–H groups in total. The first-order valence-corrected chi connectivity index (χ1v) is 9.06. The summed E-state index contributed by atoms with van der Waals surface area (Å²) in [5.74, 6) is -1.46. The van der Waals surface area contributed by atoms with Crippen LogP contribution >= 0.6 is 11.3 Å². The molecule has 1 aromatic heterocycles. The van der Waals surface area contributed by atoms with Gasteiger partial charge in [-0.3, -0.25) is 19.7 Å². The number of thiophene rings is 1. The molecule has 144 valence electrons. The number of nitrogens with zero attached hydrogens (tertiary/aromatic N) is 2. The number of hydrogen-bond donors (Lipinski definition) is 1. The monoisotopic (exact) mass is 393 g/mol. The lowest BCUT2D eigenvalue weighted by atomic mass is 10.2. The van der Waals surface area contributed by atoms with E-state index >= 15 is 0 Å². The lowest BCUT2D eigenvalue weighted by Gasteiger charge is -2.19. The number of nitro groups is 1. The molecule has 10 heteroatoms. The molecule has 0 spiro atoms. The highest BCUT2D eigenvalue weighted by Crippen LogP contribution is 2.29. The van der Waals surface area contributed by atoms with Gasteiger partial charge in [-0.05, 0) is 26.0 Å². The molecule has 0 saturated heterocycles. The number of nitrogens with one attached hydrogen (secondary N) is 1. The maximum absolute atomic E-state index is 12.2. The molecule has 1 heterocycles. The zero-order chi connectivity index (χ0) is 20.0. The first-order valence-electron chi connectivity index (χ1n) is 8.25. The fourth-order valence-corrected chi connectivity index (χ4v) is 3.27. The number of carbonyl (C=O) groups is 3. The van der Waals surface area contributed by atoms with Gasteiger partial charge in [0.15, 0.2) is 6.61 Å². The van der Waals surface area contributed by atoms with E-state index in [4.69, 9.17) is 4.74 Å². The van der Waals surface area contributed by atoms with Gasteiger partial charge < -0.3 is 15.0 Å². The molecule has 0 saturated carbocycles. The van der Waals surface area contributed by atoms with Crippen LogP contribution < -0.4 is 5.32 Å². The van der Waals surface area contributed by atoms with Crippen molar-refractivity contribution in [2.24, 2.45) is 0 Å². The molecule has 0 atom stereocenters. The predicted molar refractivity (Wildman–Crippen MR) is 99.7 cm³/mol. The third-order valence-electron chi connectivity index (χ3n) is 3.68. The van der Waals surface area contributed by atoms with Gasteiger partial charge in [0.05, 0.1) is 11.5 Å². The van der Waals surface area contributed by atoms with Crippen LogP contribution in [0.15, 0.2) is 24.3 Å². The summed E-state index contributed by atoms with van der Waals surface area (Å²) in [5.41, 5.74) is -0.0701. The van der Waals surface area contributed by atoms with Crippen LogP contribution in [0.2, 0.25) is 0 Å². The van der Waals surface area contributed by atoms with E-state index in [0.717, 1.165) is 11.3 Å². The van der Waals surface area contributed by atoms with E-state index in [9.17, 15) is 24.5 Å². The van der Waals surface area contributed by atoms with Crippen molar-refractivity contribution in [3.8, 4) is 0 Å². The van der Waals surface area contributed by atoms with Gasteiger partial charge >= 0.3 is 5.97 Å². The Morgan fingerprint density at radius 1 is 1.26 bits per heavy atom. The van der Waals surface area contributed by atoms with Crippen LogP contribution in [0.5, 0.6) is 0 Å². The summed E-state index contributed by atoms with van der Waals surface area (Å²) in [6, 6.07) is 5.79. The second kappa shape index (κ2) is 9.08. The molecule has 0 radical (unpaired) electrons. The van der Waals surface area contributed by atoms with E-state index in [1.54, 1.807) is 19.9 Å². The Bertz CT molecular complexity index is 879. The number of hydrogen-bond acceptors (Lipinski definition) is 7. The van der Waals surface area contributed by atoms with Crippen molar-refractivity contribution >= 4 is 44.9 Å². The molecule has 2 aromatic rings. The van der Waals surface area contributed by atoms with E-state index in [1.807, 2.05) is 0 Å². The molecule has 27 heavy (non-hydrogen) atoms. The number of rotatable bonds is 8. The van der Waals surface area contributed by atoms with Crippen LogP contribution in [0.25, 0.3) is 10.1 Å². The van der Waals surface area contributed by atoms with Crippen molar-refractivity contribution < 1.29 is 24.0 Å². The van der Waals surface area contributed by atoms with E-state index in [1.165, 1.54) is 23.1 Å². The maximum atomic E-state index is 12.2. The zero-order valence-corrected chi connectivity index (χ0v) is 15.7. The Hall–Kier alpha value is -3.01. The van der Waals surface area contributed by atoms with Crippen LogP contribution in [0.3, 0.4) is 0 Å². The normalized spacial score (nSPS) is 10.4. The highest BCUT2D eigenvalue weighted by atomic mass is 32.1. The molecule has 9 nitrogen and oxygen atoms in total. The van der Waals surface area contributed by atoms with Crippen LogP contribution in [-0.2, 0) is 14.3 Å². The second-order valence-corrected chi connectivity index (χ2v) is 6.61. The molecule has 0 unspecified atom stereocenters. The average Bonchev–Trinajstić information content (AvgIpc) is 3.07. The molecular formula is C17H19N3O6S. The highest BCUT2D eigenvalue weighted by Gasteiger charge is 2.19. The van der Waals surface area contributed by atoms with Gasteiger partial charge in [-0.2, -0.15) is 0 Å². The fourth-order valence-electron chi connectivity index (χ4n) is 2.34. The number of esters is 1.